The summed E-state index contributed by atoms with van der Waals surface area (Å²) in [5.41, 5.74) is 0.652. The van der Waals surface area contributed by atoms with Crippen LogP contribution in [0.3, 0.4) is 0 Å². The molecule has 1 heteroatoms. The molecule has 0 spiro atoms. The molecule has 0 radical (unpaired) electrons. The van der Waals surface area contributed by atoms with Gasteiger partial charge in [0.2, 0.25) is 0 Å². The number of fused-ring (bicyclic) bond motifs is 5. The molecule has 0 aromatic rings. The summed E-state index contributed by atoms with van der Waals surface area (Å²) in [7, 11) is 0. The van der Waals surface area contributed by atoms with Crippen LogP contribution in [0.2, 0.25) is 0 Å². The van der Waals surface area contributed by atoms with Crippen molar-refractivity contribution in [2.75, 3.05) is 0 Å². The second-order valence-electron chi connectivity index (χ2n) is 12.1. The Hall–Kier alpha value is -0.460. The van der Waals surface area contributed by atoms with Gasteiger partial charge in [-0.1, -0.05) is 53.9 Å². The first kappa shape index (κ1) is 20.8. The number of hydrogen-bond acceptors (Lipinski definition) is 1. The normalized spacial score (nSPS) is 46.5. The van der Waals surface area contributed by atoms with Crippen molar-refractivity contribution in [3.8, 4) is 0 Å². The molecular formula is C27H46O. The molecule has 1 N–H and O–H groups in total. The first-order valence-corrected chi connectivity index (χ1v) is 12.7. The van der Waals surface area contributed by atoms with Crippen LogP contribution in [0.1, 0.15) is 105 Å². The lowest BCUT2D eigenvalue weighted by atomic mass is 9.45. The van der Waals surface area contributed by atoms with E-state index in [4.69, 9.17) is 0 Å². The zero-order chi connectivity index (χ0) is 20.1. The molecule has 0 aromatic carbocycles. The fourth-order valence-electron chi connectivity index (χ4n) is 8.94. The predicted molar refractivity (Wildman–Crippen MR) is 119 cm³/mol. The molecule has 4 rings (SSSR count). The Balaban J connectivity index is 1.50. The second kappa shape index (κ2) is 7.66. The Morgan fingerprint density at radius 2 is 1.75 bits per heavy atom. The van der Waals surface area contributed by atoms with Crippen LogP contribution < -0.4 is 0 Å². The highest BCUT2D eigenvalue weighted by atomic mass is 16.3. The summed E-state index contributed by atoms with van der Waals surface area (Å²) >= 11 is 0. The van der Waals surface area contributed by atoms with E-state index in [9.17, 15) is 5.11 Å². The van der Waals surface area contributed by atoms with E-state index in [1.165, 1.54) is 64.2 Å². The maximum Gasteiger partial charge on any atom is 0.0947 e. The highest BCUT2D eigenvalue weighted by Crippen LogP contribution is 2.68. The molecule has 4 aliphatic rings. The number of hydrogen-bond donors (Lipinski definition) is 1. The van der Waals surface area contributed by atoms with E-state index in [0.717, 1.165) is 53.6 Å². The summed E-state index contributed by atoms with van der Waals surface area (Å²) in [6, 6.07) is 0. The van der Waals surface area contributed by atoms with E-state index in [0.29, 0.717) is 5.41 Å². The predicted octanol–water partition coefficient (Wildman–Crippen LogP) is 8.16. The van der Waals surface area contributed by atoms with Gasteiger partial charge in [-0.3, -0.25) is 0 Å². The Morgan fingerprint density at radius 1 is 0.964 bits per heavy atom. The Bertz CT molecular complexity index is 591. The quantitative estimate of drug-likeness (QED) is 0.505. The Morgan fingerprint density at radius 3 is 2.50 bits per heavy atom. The smallest absolute Gasteiger partial charge is 0.0947 e. The van der Waals surface area contributed by atoms with Crippen LogP contribution in [-0.4, -0.2) is 5.11 Å². The van der Waals surface area contributed by atoms with Crippen molar-refractivity contribution in [2.45, 2.75) is 105 Å². The largest absolute Gasteiger partial charge is 0.512 e. The first-order chi connectivity index (χ1) is 13.3. The van der Waals surface area contributed by atoms with Gasteiger partial charge in [-0.2, -0.15) is 0 Å². The second-order valence-corrected chi connectivity index (χ2v) is 12.1. The van der Waals surface area contributed by atoms with Crippen molar-refractivity contribution in [2.24, 2.45) is 52.3 Å². The van der Waals surface area contributed by atoms with E-state index < -0.39 is 0 Å². The summed E-state index contributed by atoms with van der Waals surface area (Å²) < 4.78 is 0. The highest BCUT2D eigenvalue weighted by molar-refractivity contribution is 5.19. The van der Waals surface area contributed by atoms with E-state index in [2.05, 4.69) is 40.7 Å². The average Bonchev–Trinajstić information content (AvgIpc) is 3.00. The van der Waals surface area contributed by atoms with Gasteiger partial charge >= 0.3 is 0 Å². The number of aliphatic hydroxyl groups excluding tert-OH is 1. The van der Waals surface area contributed by atoms with Crippen molar-refractivity contribution < 1.29 is 5.11 Å². The zero-order valence-corrected chi connectivity index (χ0v) is 19.3. The van der Waals surface area contributed by atoms with E-state index in [-0.39, 0.29) is 5.41 Å². The molecule has 0 aromatic heterocycles. The third kappa shape index (κ3) is 3.18. The van der Waals surface area contributed by atoms with Crippen LogP contribution in [0.4, 0.5) is 0 Å². The molecule has 0 aliphatic heterocycles. The lowest BCUT2D eigenvalue weighted by Gasteiger charge is -2.60. The molecule has 0 heterocycles. The Labute approximate surface area is 174 Å². The number of aliphatic hydroxyl groups is 1. The molecule has 160 valence electrons. The van der Waals surface area contributed by atoms with Crippen LogP contribution in [0.5, 0.6) is 0 Å². The van der Waals surface area contributed by atoms with Gasteiger partial charge in [0, 0.05) is 5.41 Å². The summed E-state index contributed by atoms with van der Waals surface area (Å²) in [5.74, 6) is 6.68. The molecule has 0 amide bonds. The maximum atomic E-state index is 11.0. The topological polar surface area (TPSA) is 20.2 Å². The molecule has 0 saturated heterocycles. The minimum absolute atomic E-state index is 0.0868. The van der Waals surface area contributed by atoms with Crippen molar-refractivity contribution in [3.63, 3.8) is 0 Å². The van der Waals surface area contributed by atoms with Gasteiger partial charge in [-0.25, -0.2) is 0 Å². The van der Waals surface area contributed by atoms with Crippen LogP contribution in [-0.2, 0) is 0 Å². The van der Waals surface area contributed by atoms with E-state index in [1.54, 1.807) is 0 Å². The molecule has 0 bridgehead atoms. The van der Waals surface area contributed by atoms with Gasteiger partial charge in [0.25, 0.3) is 0 Å². The van der Waals surface area contributed by atoms with Gasteiger partial charge in [-0.15, -0.1) is 0 Å². The van der Waals surface area contributed by atoms with Crippen LogP contribution >= 0.6 is 0 Å². The SMILES string of the molecule is CC(C)CCC[C@@H](C)[C@H]1CC[C@H]2[C@@H]3CCC4CCC=C(O)[C@]4(C)[C@H]3CC[C@]12C. The molecule has 3 saturated carbocycles. The third-order valence-electron chi connectivity index (χ3n) is 10.5. The van der Waals surface area contributed by atoms with Gasteiger partial charge in [-0.05, 0) is 104 Å². The fourth-order valence-corrected chi connectivity index (χ4v) is 8.94. The molecular weight excluding hydrogens is 340 g/mol. The minimum Gasteiger partial charge on any atom is -0.512 e. The molecule has 4 aliphatic carbocycles. The van der Waals surface area contributed by atoms with Gasteiger partial charge in [0.05, 0.1) is 5.76 Å². The summed E-state index contributed by atoms with van der Waals surface area (Å²) in [4.78, 5) is 0. The molecule has 8 atom stereocenters. The molecule has 28 heavy (non-hydrogen) atoms. The van der Waals surface area contributed by atoms with Crippen molar-refractivity contribution in [1.29, 1.82) is 0 Å². The number of allylic oxidation sites excluding steroid dienone is 2. The first-order valence-electron chi connectivity index (χ1n) is 12.7. The molecule has 3 fully saturated rings. The van der Waals surface area contributed by atoms with E-state index >= 15 is 0 Å². The van der Waals surface area contributed by atoms with Crippen LogP contribution in [0.15, 0.2) is 11.8 Å². The van der Waals surface area contributed by atoms with Crippen molar-refractivity contribution in [3.05, 3.63) is 11.8 Å². The zero-order valence-electron chi connectivity index (χ0n) is 19.3. The molecule has 1 unspecified atom stereocenters. The summed E-state index contributed by atoms with van der Waals surface area (Å²) in [6.07, 6.45) is 17.3. The summed E-state index contributed by atoms with van der Waals surface area (Å²) in [6.45, 7) is 12.4. The molecule has 1 nitrogen and oxygen atoms in total. The monoisotopic (exact) mass is 386 g/mol. The lowest BCUT2D eigenvalue weighted by molar-refractivity contribution is -0.102. The highest BCUT2D eigenvalue weighted by Gasteiger charge is 2.61. The average molecular weight is 387 g/mol. The minimum atomic E-state index is 0.0868. The maximum absolute atomic E-state index is 11.0. The Kier molecular flexibility index (Phi) is 5.69. The third-order valence-corrected chi connectivity index (χ3v) is 10.5. The van der Waals surface area contributed by atoms with E-state index in [1.807, 2.05) is 0 Å². The fraction of sp³-hybridized carbons (Fsp3) is 0.926. The van der Waals surface area contributed by atoms with Gasteiger partial charge in [0.15, 0.2) is 0 Å². The lowest BCUT2D eigenvalue weighted by Crippen LogP contribution is -2.53. The van der Waals surface area contributed by atoms with Crippen LogP contribution in [0, 0.1) is 52.3 Å². The number of rotatable bonds is 5. The van der Waals surface area contributed by atoms with Gasteiger partial charge in [0.1, 0.15) is 0 Å². The summed E-state index contributed by atoms with van der Waals surface area (Å²) in [5, 5.41) is 11.0. The van der Waals surface area contributed by atoms with Gasteiger partial charge < -0.3 is 5.11 Å². The van der Waals surface area contributed by atoms with Crippen molar-refractivity contribution in [1.82, 2.24) is 0 Å². The van der Waals surface area contributed by atoms with Crippen LogP contribution in [0.25, 0.3) is 0 Å². The standard InChI is InChI=1S/C27H46O/c1-18(2)8-6-9-19(3)22-14-15-23-21-13-12-20-10-7-11-25(28)27(20,5)24(21)16-17-26(22,23)4/h11,18-24,28H,6-10,12-17H2,1-5H3/t19-,20?,21+,22-,23+,24+,26-,27+/m1/s1. The van der Waals surface area contributed by atoms with Crippen molar-refractivity contribution >= 4 is 0 Å².